The van der Waals surface area contributed by atoms with Gasteiger partial charge in [-0.15, -0.1) is 11.8 Å². The van der Waals surface area contributed by atoms with Gasteiger partial charge in [0.15, 0.2) is 0 Å². The van der Waals surface area contributed by atoms with Crippen molar-refractivity contribution in [2.45, 2.75) is 43.9 Å². The summed E-state index contributed by atoms with van der Waals surface area (Å²) in [5.41, 5.74) is 0. The average molecular weight is 212 g/mol. The molecule has 1 fully saturated rings. The van der Waals surface area contributed by atoms with Gasteiger partial charge in [0.25, 0.3) is 0 Å². The van der Waals surface area contributed by atoms with Crippen LogP contribution in [-0.2, 0) is 4.79 Å². The lowest BCUT2D eigenvalue weighted by Crippen LogP contribution is -2.40. The van der Waals surface area contributed by atoms with Crippen molar-refractivity contribution in [2.24, 2.45) is 0 Å². The van der Waals surface area contributed by atoms with Crippen molar-refractivity contribution in [1.82, 2.24) is 5.32 Å². The van der Waals surface area contributed by atoms with Crippen LogP contribution in [0.25, 0.3) is 0 Å². The van der Waals surface area contributed by atoms with Crippen LogP contribution >= 0.6 is 11.8 Å². The molecule has 1 aliphatic rings. The first-order valence-electron chi connectivity index (χ1n) is 5.09. The molecule has 0 aromatic carbocycles. The zero-order chi connectivity index (χ0) is 10.4. The molecule has 14 heavy (non-hydrogen) atoms. The van der Waals surface area contributed by atoms with E-state index in [1.165, 1.54) is 6.42 Å². The van der Waals surface area contributed by atoms with Crippen molar-refractivity contribution >= 4 is 17.7 Å². The van der Waals surface area contributed by atoms with E-state index < -0.39 is 0 Å². The molecular formula is C10H16N2OS. The molecule has 0 aromatic heterocycles. The zero-order valence-corrected chi connectivity index (χ0v) is 9.27. The molecule has 4 heteroatoms. The third kappa shape index (κ3) is 3.22. The van der Waals surface area contributed by atoms with E-state index in [-0.39, 0.29) is 17.2 Å². The topological polar surface area (TPSA) is 52.9 Å². The number of amides is 1. The van der Waals surface area contributed by atoms with Crippen molar-refractivity contribution in [3.63, 3.8) is 0 Å². The van der Waals surface area contributed by atoms with E-state index in [1.807, 2.05) is 6.92 Å². The quantitative estimate of drug-likeness (QED) is 0.774. The summed E-state index contributed by atoms with van der Waals surface area (Å²) < 4.78 is 0. The van der Waals surface area contributed by atoms with Crippen molar-refractivity contribution < 1.29 is 4.79 Å². The Balaban J connectivity index is 2.36. The Morgan fingerprint density at radius 3 is 3.00 bits per heavy atom. The standard InChI is InChI=1S/C10H16N2OS/c1-2-8(7-11)12-10(13)9-5-3-4-6-14-9/h8-9H,2-6H2,1H3,(H,12,13). The first-order chi connectivity index (χ1) is 6.77. The minimum absolute atomic E-state index is 0.0445. The molecule has 1 amide bonds. The highest BCUT2D eigenvalue weighted by atomic mass is 32.2. The maximum absolute atomic E-state index is 11.6. The molecule has 0 spiro atoms. The second-order valence-corrected chi connectivity index (χ2v) is 4.76. The van der Waals surface area contributed by atoms with E-state index in [2.05, 4.69) is 11.4 Å². The average Bonchev–Trinajstić information content (AvgIpc) is 2.26. The van der Waals surface area contributed by atoms with Crippen LogP contribution in [0.5, 0.6) is 0 Å². The van der Waals surface area contributed by atoms with Gasteiger partial charge in [-0.1, -0.05) is 13.3 Å². The Morgan fingerprint density at radius 2 is 2.50 bits per heavy atom. The molecule has 2 atom stereocenters. The summed E-state index contributed by atoms with van der Waals surface area (Å²) in [6, 6.07) is 1.77. The summed E-state index contributed by atoms with van der Waals surface area (Å²) >= 11 is 1.71. The highest BCUT2D eigenvalue weighted by Crippen LogP contribution is 2.25. The van der Waals surface area contributed by atoms with E-state index >= 15 is 0 Å². The van der Waals surface area contributed by atoms with Gasteiger partial charge in [0.1, 0.15) is 6.04 Å². The van der Waals surface area contributed by atoms with Crippen LogP contribution in [0.3, 0.4) is 0 Å². The lowest BCUT2D eigenvalue weighted by atomic mass is 10.1. The second-order valence-electron chi connectivity index (χ2n) is 3.45. The first-order valence-corrected chi connectivity index (χ1v) is 6.14. The molecule has 1 aliphatic heterocycles. The number of carbonyl (C=O) groups excluding carboxylic acids is 1. The van der Waals surface area contributed by atoms with Crippen molar-refractivity contribution in [3.05, 3.63) is 0 Å². The van der Waals surface area contributed by atoms with E-state index in [4.69, 9.17) is 5.26 Å². The van der Waals surface area contributed by atoms with Crippen molar-refractivity contribution in [3.8, 4) is 6.07 Å². The summed E-state index contributed by atoms with van der Waals surface area (Å²) in [5, 5.41) is 11.5. The number of hydrogen-bond acceptors (Lipinski definition) is 3. The van der Waals surface area contributed by atoms with Gasteiger partial charge in [-0.2, -0.15) is 5.26 Å². The molecule has 1 saturated heterocycles. The molecule has 0 bridgehead atoms. The molecule has 1 heterocycles. The molecule has 0 radical (unpaired) electrons. The Bertz CT molecular complexity index is 231. The zero-order valence-electron chi connectivity index (χ0n) is 8.45. The van der Waals surface area contributed by atoms with Crippen LogP contribution in [0.2, 0.25) is 0 Å². The Labute approximate surface area is 89.2 Å². The lowest BCUT2D eigenvalue weighted by Gasteiger charge is -2.21. The van der Waals surface area contributed by atoms with E-state index in [0.717, 1.165) is 18.6 Å². The van der Waals surface area contributed by atoms with Gasteiger partial charge in [-0.3, -0.25) is 4.79 Å². The number of thioether (sulfide) groups is 1. The molecule has 0 saturated carbocycles. The van der Waals surface area contributed by atoms with Crippen LogP contribution < -0.4 is 5.32 Å². The van der Waals surface area contributed by atoms with E-state index in [9.17, 15) is 4.79 Å². The van der Waals surface area contributed by atoms with Gasteiger partial charge in [0, 0.05) is 0 Å². The fourth-order valence-electron chi connectivity index (χ4n) is 1.44. The Morgan fingerprint density at radius 1 is 1.71 bits per heavy atom. The normalized spacial score (nSPS) is 23.6. The minimum atomic E-state index is -0.315. The van der Waals surface area contributed by atoms with Crippen LogP contribution in [-0.4, -0.2) is 23.0 Å². The van der Waals surface area contributed by atoms with Gasteiger partial charge in [-0.25, -0.2) is 0 Å². The third-order valence-electron chi connectivity index (χ3n) is 2.35. The van der Waals surface area contributed by atoms with Crippen LogP contribution in [0.15, 0.2) is 0 Å². The maximum Gasteiger partial charge on any atom is 0.234 e. The molecule has 78 valence electrons. The summed E-state index contributed by atoms with van der Waals surface area (Å²) in [6.45, 7) is 1.90. The largest absolute Gasteiger partial charge is 0.339 e. The number of nitrogens with one attached hydrogen (secondary N) is 1. The molecule has 2 unspecified atom stereocenters. The van der Waals surface area contributed by atoms with Crippen LogP contribution in [0.4, 0.5) is 0 Å². The molecule has 0 aromatic rings. The summed E-state index contributed by atoms with van der Waals surface area (Å²) in [5.74, 6) is 1.12. The Kier molecular flexibility index (Phi) is 4.81. The summed E-state index contributed by atoms with van der Waals surface area (Å²) in [6.07, 6.45) is 3.98. The fourth-order valence-corrected chi connectivity index (χ4v) is 2.65. The van der Waals surface area contributed by atoms with Gasteiger partial charge < -0.3 is 5.32 Å². The van der Waals surface area contributed by atoms with Gasteiger partial charge in [0.05, 0.1) is 11.3 Å². The van der Waals surface area contributed by atoms with Gasteiger partial charge in [-0.05, 0) is 25.0 Å². The molecule has 1 N–H and O–H groups in total. The molecule has 1 rings (SSSR count). The maximum atomic E-state index is 11.6. The third-order valence-corrected chi connectivity index (χ3v) is 3.73. The number of carbonyl (C=O) groups is 1. The smallest absolute Gasteiger partial charge is 0.234 e. The van der Waals surface area contributed by atoms with E-state index in [0.29, 0.717) is 6.42 Å². The molecular weight excluding hydrogens is 196 g/mol. The first kappa shape index (κ1) is 11.4. The van der Waals surface area contributed by atoms with Gasteiger partial charge in [0.2, 0.25) is 5.91 Å². The second kappa shape index (κ2) is 5.92. The number of nitrogens with zero attached hydrogens (tertiary/aromatic N) is 1. The number of rotatable bonds is 3. The summed E-state index contributed by atoms with van der Waals surface area (Å²) in [7, 11) is 0. The number of nitriles is 1. The van der Waals surface area contributed by atoms with E-state index in [1.54, 1.807) is 11.8 Å². The lowest BCUT2D eigenvalue weighted by molar-refractivity contribution is -0.121. The molecule has 0 aliphatic carbocycles. The highest BCUT2D eigenvalue weighted by Gasteiger charge is 2.23. The van der Waals surface area contributed by atoms with Crippen molar-refractivity contribution in [2.75, 3.05) is 5.75 Å². The van der Waals surface area contributed by atoms with Crippen LogP contribution in [0, 0.1) is 11.3 Å². The minimum Gasteiger partial charge on any atom is -0.339 e. The SMILES string of the molecule is CCC(C#N)NC(=O)C1CCCCS1. The van der Waals surface area contributed by atoms with Crippen LogP contribution in [0.1, 0.15) is 32.6 Å². The monoisotopic (exact) mass is 212 g/mol. The number of hydrogen-bond donors (Lipinski definition) is 1. The van der Waals surface area contributed by atoms with Gasteiger partial charge >= 0.3 is 0 Å². The predicted octanol–water partition coefficient (Wildman–Crippen LogP) is 1.69. The fraction of sp³-hybridized carbons (Fsp3) is 0.800. The van der Waals surface area contributed by atoms with Crippen molar-refractivity contribution in [1.29, 1.82) is 5.26 Å². The predicted molar refractivity (Wildman–Crippen MR) is 57.9 cm³/mol. The Hall–Kier alpha value is -0.690. The summed E-state index contributed by atoms with van der Waals surface area (Å²) in [4.78, 5) is 11.6. The molecule has 3 nitrogen and oxygen atoms in total. The highest BCUT2D eigenvalue weighted by molar-refractivity contribution is 8.00.